The quantitative estimate of drug-likeness (QED) is 0.790. The predicted octanol–water partition coefficient (Wildman–Crippen LogP) is 1.82. The second-order valence-electron chi connectivity index (χ2n) is 4.35. The number of ether oxygens (including phenoxy) is 1. The van der Waals surface area contributed by atoms with Gasteiger partial charge in [0.15, 0.2) is 0 Å². The van der Waals surface area contributed by atoms with Gasteiger partial charge in [-0.15, -0.1) is 11.6 Å². The molecule has 2 heterocycles. The highest BCUT2D eigenvalue weighted by atomic mass is 35.5. The Labute approximate surface area is 111 Å². The summed E-state index contributed by atoms with van der Waals surface area (Å²) in [4.78, 5) is 2.30. The van der Waals surface area contributed by atoms with Crippen LogP contribution in [0, 0.1) is 6.92 Å². The van der Waals surface area contributed by atoms with E-state index >= 15 is 0 Å². The highest BCUT2D eigenvalue weighted by Gasteiger charge is 2.22. The summed E-state index contributed by atoms with van der Waals surface area (Å²) in [5.41, 5.74) is 1.94. The second kappa shape index (κ2) is 5.57. The van der Waals surface area contributed by atoms with Crippen molar-refractivity contribution in [1.82, 2.24) is 14.7 Å². The number of alkyl halides is 1. The average molecular weight is 278 g/mol. The SMILES string of the molecule is Cc1nn(C)c(CN2CCOC(CCl)C2)c1Cl. The topological polar surface area (TPSA) is 30.3 Å². The number of hydrogen-bond donors (Lipinski definition) is 0. The summed E-state index contributed by atoms with van der Waals surface area (Å²) in [6, 6.07) is 0. The molecule has 0 radical (unpaired) electrons. The van der Waals surface area contributed by atoms with E-state index in [-0.39, 0.29) is 6.10 Å². The fourth-order valence-electron chi connectivity index (χ4n) is 2.08. The van der Waals surface area contributed by atoms with Gasteiger partial charge in [0.2, 0.25) is 0 Å². The van der Waals surface area contributed by atoms with Gasteiger partial charge in [0.05, 0.1) is 29.1 Å². The summed E-state index contributed by atoms with van der Waals surface area (Å²) in [5.74, 6) is 0.536. The van der Waals surface area contributed by atoms with Crippen LogP contribution in [0.15, 0.2) is 0 Å². The Hall–Kier alpha value is -0.290. The predicted molar refractivity (Wildman–Crippen MR) is 68.7 cm³/mol. The molecule has 1 aromatic rings. The molecule has 1 aliphatic heterocycles. The van der Waals surface area contributed by atoms with Crippen molar-refractivity contribution in [3.05, 3.63) is 16.4 Å². The fraction of sp³-hybridized carbons (Fsp3) is 0.727. The first-order valence-electron chi connectivity index (χ1n) is 5.69. The van der Waals surface area contributed by atoms with Gasteiger partial charge in [-0.2, -0.15) is 5.10 Å². The van der Waals surface area contributed by atoms with Crippen LogP contribution >= 0.6 is 23.2 Å². The highest BCUT2D eigenvalue weighted by Crippen LogP contribution is 2.21. The lowest BCUT2D eigenvalue weighted by Gasteiger charge is -2.31. The number of rotatable bonds is 3. The molecule has 2 rings (SSSR count). The lowest BCUT2D eigenvalue weighted by Crippen LogP contribution is -2.43. The zero-order chi connectivity index (χ0) is 12.4. The van der Waals surface area contributed by atoms with Crippen LogP contribution in [0.5, 0.6) is 0 Å². The van der Waals surface area contributed by atoms with Crippen LogP contribution in [0.1, 0.15) is 11.4 Å². The van der Waals surface area contributed by atoms with Crippen LogP contribution in [-0.2, 0) is 18.3 Å². The molecule has 1 unspecified atom stereocenters. The molecule has 0 spiro atoms. The van der Waals surface area contributed by atoms with E-state index in [9.17, 15) is 0 Å². The van der Waals surface area contributed by atoms with Crippen molar-refractivity contribution in [2.24, 2.45) is 7.05 Å². The first-order chi connectivity index (χ1) is 8.11. The lowest BCUT2D eigenvalue weighted by molar-refractivity contribution is -0.0201. The van der Waals surface area contributed by atoms with Crippen molar-refractivity contribution in [1.29, 1.82) is 0 Å². The van der Waals surface area contributed by atoms with Gasteiger partial charge in [-0.25, -0.2) is 0 Å². The zero-order valence-electron chi connectivity index (χ0n) is 10.1. The van der Waals surface area contributed by atoms with Crippen molar-refractivity contribution in [3.63, 3.8) is 0 Å². The van der Waals surface area contributed by atoms with Gasteiger partial charge in [0.25, 0.3) is 0 Å². The molecule has 0 saturated carbocycles. The van der Waals surface area contributed by atoms with E-state index in [0.29, 0.717) is 5.88 Å². The number of morpholine rings is 1. The van der Waals surface area contributed by atoms with E-state index in [1.165, 1.54) is 0 Å². The zero-order valence-corrected chi connectivity index (χ0v) is 11.6. The summed E-state index contributed by atoms with van der Waals surface area (Å²) < 4.78 is 7.38. The van der Waals surface area contributed by atoms with E-state index < -0.39 is 0 Å². The third-order valence-electron chi connectivity index (χ3n) is 3.03. The van der Waals surface area contributed by atoms with Crippen molar-refractivity contribution in [2.45, 2.75) is 19.6 Å². The van der Waals surface area contributed by atoms with Crippen molar-refractivity contribution in [2.75, 3.05) is 25.6 Å². The molecule has 6 heteroatoms. The Balaban J connectivity index is 2.05. The molecule has 1 fully saturated rings. The van der Waals surface area contributed by atoms with E-state index in [0.717, 1.165) is 42.7 Å². The molecule has 1 saturated heterocycles. The first-order valence-corrected chi connectivity index (χ1v) is 6.61. The van der Waals surface area contributed by atoms with Gasteiger partial charge in [0, 0.05) is 32.6 Å². The van der Waals surface area contributed by atoms with Crippen LogP contribution in [0.25, 0.3) is 0 Å². The first kappa shape index (κ1) is 13.1. The molecular weight excluding hydrogens is 261 g/mol. The van der Waals surface area contributed by atoms with Crippen molar-refractivity contribution < 1.29 is 4.74 Å². The standard InChI is InChI=1S/C11H17Cl2N3O/c1-8-11(13)10(15(2)14-8)7-16-3-4-17-9(5-12)6-16/h9H,3-7H2,1-2H3. The normalized spacial score (nSPS) is 22.0. The molecule has 0 aromatic carbocycles. The van der Waals surface area contributed by atoms with Gasteiger partial charge >= 0.3 is 0 Å². The number of aromatic nitrogens is 2. The Morgan fingerprint density at radius 1 is 1.53 bits per heavy atom. The minimum absolute atomic E-state index is 0.124. The molecule has 96 valence electrons. The summed E-state index contributed by atoms with van der Waals surface area (Å²) in [6.45, 7) is 5.21. The Morgan fingerprint density at radius 3 is 2.88 bits per heavy atom. The third-order valence-corrected chi connectivity index (χ3v) is 3.87. The lowest BCUT2D eigenvalue weighted by atomic mass is 10.2. The molecule has 0 amide bonds. The fourth-order valence-corrected chi connectivity index (χ4v) is 2.49. The van der Waals surface area contributed by atoms with E-state index in [4.69, 9.17) is 27.9 Å². The highest BCUT2D eigenvalue weighted by molar-refractivity contribution is 6.31. The van der Waals surface area contributed by atoms with Gasteiger partial charge in [0.1, 0.15) is 0 Å². The largest absolute Gasteiger partial charge is 0.374 e. The maximum atomic E-state index is 6.24. The molecule has 1 atom stereocenters. The van der Waals surface area contributed by atoms with E-state index in [1.54, 1.807) is 0 Å². The smallest absolute Gasteiger partial charge is 0.0860 e. The average Bonchev–Trinajstić information content (AvgIpc) is 2.56. The van der Waals surface area contributed by atoms with Crippen LogP contribution in [0.3, 0.4) is 0 Å². The molecule has 1 aromatic heterocycles. The van der Waals surface area contributed by atoms with Crippen LogP contribution in [0.4, 0.5) is 0 Å². The maximum absolute atomic E-state index is 6.24. The molecule has 0 bridgehead atoms. The maximum Gasteiger partial charge on any atom is 0.0860 e. The monoisotopic (exact) mass is 277 g/mol. The van der Waals surface area contributed by atoms with E-state index in [1.807, 2.05) is 18.7 Å². The van der Waals surface area contributed by atoms with Gasteiger partial charge in [-0.1, -0.05) is 11.6 Å². The van der Waals surface area contributed by atoms with Crippen molar-refractivity contribution in [3.8, 4) is 0 Å². The second-order valence-corrected chi connectivity index (χ2v) is 5.04. The number of halogens is 2. The Morgan fingerprint density at radius 2 is 2.29 bits per heavy atom. The van der Waals surface area contributed by atoms with E-state index in [2.05, 4.69) is 10.00 Å². The molecule has 4 nitrogen and oxygen atoms in total. The van der Waals surface area contributed by atoms with Crippen LogP contribution in [0.2, 0.25) is 5.02 Å². The third kappa shape index (κ3) is 2.94. The molecule has 1 aliphatic rings. The van der Waals surface area contributed by atoms with Crippen LogP contribution in [-0.4, -0.2) is 46.4 Å². The van der Waals surface area contributed by atoms with Crippen LogP contribution < -0.4 is 0 Å². The Kier molecular flexibility index (Phi) is 4.31. The summed E-state index contributed by atoms with van der Waals surface area (Å²) in [6.07, 6.45) is 0.124. The summed E-state index contributed by atoms with van der Waals surface area (Å²) >= 11 is 12.1. The minimum Gasteiger partial charge on any atom is -0.374 e. The number of aryl methyl sites for hydroxylation is 2. The summed E-state index contributed by atoms with van der Waals surface area (Å²) in [5, 5.41) is 5.08. The number of hydrogen-bond acceptors (Lipinski definition) is 3. The van der Waals surface area contributed by atoms with Crippen molar-refractivity contribution >= 4 is 23.2 Å². The van der Waals surface area contributed by atoms with Gasteiger partial charge in [-0.05, 0) is 6.92 Å². The Bertz CT molecular complexity index is 394. The number of nitrogens with zero attached hydrogens (tertiary/aromatic N) is 3. The van der Waals surface area contributed by atoms with Gasteiger partial charge < -0.3 is 4.74 Å². The molecule has 17 heavy (non-hydrogen) atoms. The molecule has 0 aliphatic carbocycles. The summed E-state index contributed by atoms with van der Waals surface area (Å²) in [7, 11) is 1.92. The molecule has 0 N–H and O–H groups in total. The minimum atomic E-state index is 0.124. The van der Waals surface area contributed by atoms with Gasteiger partial charge in [-0.3, -0.25) is 9.58 Å². The molecular formula is C11H17Cl2N3O.